The number of hydrogen-bond donors (Lipinski definition) is 2. The highest BCUT2D eigenvalue weighted by Gasteiger charge is 2.33. The van der Waals surface area contributed by atoms with Crippen molar-refractivity contribution >= 4 is 16.8 Å². The minimum atomic E-state index is -1.01. The topological polar surface area (TPSA) is 66.4 Å². The minimum Gasteiger partial charge on any atom is -0.480 e. The van der Waals surface area contributed by atoms with Crippen LogP contribution in [-0.2, 0) is 15.6 Å². The normalized spacial score (nSPS) is 42.5. The molecule has 0 aromatic rings. The van der Waals surface area contributed by atoms with E-state index in [4.69, 9.17) is 5.11 Å². The maximum atomic E-state index is 11.3. The van der Waals surface area contributed by atoms with Gasteiger partial charge in [0.05, 0.1) is 0 Å². The summed E-state index contributed by atoms with van der Waals surface area (Å²) in [6, 6.07) is -0.627. The van der Waals surface area contributed by atoms with E-state index in [2.05, 4.69) is 5.32 Å². The lowest BCUT2D eigenvalue weighted by Crippen LogP contribution is -2.55. The van der Waals surface area contributed by atoms with Gasteiger partial charge in [0.15, 0.2) is 0 Å². The van der Waals surface area contributed by atoms with Crippen LogP contribution >= 0.6 is 0 Å². The summed E-state index contributed by atoms with van der Waals surface area (Å²) in [4.78, 5) is 10.6. The first kappa shape index (κ1) is 9.67. The zero-order valence-corrected chi connectivity index (χ0v) is 7.93. The van der Waals surface area contributed by atoms with E-state index >= 15 is 0 Å². The Morgan fingerprint density at radius 3 is 2.58 bits per heavy atom. The van der Waals surface area contributed by atoms with Gasteiger partial charge < -0.3 is 5.11 Å². The molecule has 0 aromatic heterocycles. The summed E-state index contributed by atoms with van der Waals surface area (Å²) in [5, 5.41) is 11.6. The molecule has 0 aliphatic carbocycles. The fraction of sp³-hybridized carbons (Fsp3) is 0.857. The second kappa shape index (κ2) is 3.53. The van der Waals surface area contributed by atoms with Crippen LogP contribution in [-0.4, -0.2) is 38.4 Å². The predicted molar refractivity (Wildman–Crippen MR) is 46.5 cm³/mol. The van der Waals surface area contributed by atoms with Gasteiger partial charge in [0.25, 0.3) is 0 Å². The smallest absolute Gasteiger partial charge is 0.321 e. The van der Waals surface area contributed by atoms with Crippen molar-refractivity contribution in [3.05, 3.63) is 0 Å². The monoisotopic (exact) mass is 191 g/mol. The summed E-state index contributed by atoms with van der Waals surface area (Å²) in [5.41, 5.74) is 0. The molecule has 1 fully saturated rings. The second-order valence-corrected chi connectivity index (χ2v) is 4.94. The van der Waals surface area contributed by atoms with Crippen molar-refractivity contribution in [3.8, 4) is 0 Å². The largest absolute Gasteiger partial charge is 0.480 e. The van der Waals surface area contributed by atoms with Crippen molar-refractivity contribution < 1.29 is 14.1 Å². The van der Waals surface area contributed by atoms with E-state index in [9.17, 15) is 9.00 Å². The van der Waals surface area contributed by atoms with E-state index in [1.165, 1.54) is 0 Å². The molecular weight excluding hydrogens is 178 g/mol. The molecule has 1 aliphatic rings. The van der Waals surface area contributed by atoms with Crippen LogP contribution in [0.2, 0.25) is 0 Å². The van der Waals surface area contributed by atoms with Crippen molar-refractivity contribution in [2.75, 3.05) is 5.75 Å². The average molecular weight is 191 g/mol. The Bertz CT molecular complexity index is 219. The molecule has 2 N–H and O–H groups in total. The predicted octanol–water partition coefficient (Wildman–Crippen LogP) is -0.431. The number of carboxylic acids is 1. The zero-order chi connectivity index (χ0) is 9.30. The number of carboxylic acid groups (broad SMARTS) is 1. The summed E-state index contributed by atoms with van der Waals surface area (Å²) in [6.45, 7) is 3.73. The minimum absolute atomic E-state index is 0.0145. The van der Waals surface area contributed by atoms with Crippen molar-refractivity contribution in [1.29, 1.82) is 0 Å². The van der Waals surface area contributed by atoms with Gasteiger partial charge in [-0.3, -0.25) is 14.3 Å². The highest BCUT2D eigenvalue weighted by Crippen LogP contribution is 2.11. The van der Waals surface area contributed by atoms with Gasteiger partial charge >= 0.3 is 5.97 Å². The molecule has 0 saturated carbocycles. The maximum Gasteiger partial charge on any atom is 0.321 e. The van der Waals surface area contributed by atoms with Crippen LogP contribution in [0.3, 0.4) is 0 Å². The molecule has 1 rings (SSSR count). The Labute approximate surface area is 73.8 Å². The molecule has 0 bridgehead atoms. The molecule has 1 aliphatic heterocycles. The zero-order valence-electron chi connectivity index (χ0n) is 7.11. The lowest BCUT2D eigenvalue weighted by atomic mass is 10.2. The number of rotatable bonds is 1. The first-order valence-corrected chi connectivity index (χ1v) is 5.26. The van der Waals surface area contributed by atoms with Crippen LogP contribution in [0, 0.1) is 0 Å². The van der Waals surface area contributed by atoms with Gasteiger partial charge in [-0.05, 0) is 13.8 Å². The molecule has 0 aromatic carbocycles. The summed E-state index contributed by atoms with van der Waals surface area (Å²) in [6.07, 6.45) is 0. The summed E-state index contributed by atoms with van der Waals surface area (Å²) >= 11 is 0. The molecule has 0 amide bonds. The maximum absolute atomic E-state index is 11.3. The highest BCUT2D eigenvalue weighted by molar-refractivity contribution is 7.85. The Morgan fingerprint density at radius 1 is 1.58 bits per heavy atom. The highest BCUT2D eigenvalue weighted by atomic mass is 32.2. The SMILES string of the molecule is CC1NC(C(=O)O)CS(=O)C1C. The van der Waals surface area contributed by atoms with Gasteiger partial charge in [-0.15, -0.1) is 0 Å². The van der Waals surface area contributed by atoms with Gasteiger partial charge in [-0.25, -0.2) is 0 Å². The fourth-order valence-electron chi connectivity index (χ4n) is 1.19. The van der Waals surface area contributed by atoms with Crippen molar-refractivity contribution in [3.63, 3.8) is 0 Å². The quantitative estimate of drug-likeness (QED) is 0.590. The second-order valence-electron chi connectivity index (χ2n) is 3.10. The molecule has 4 atom stereocenters. The molecule has 0 spiro atoms. The lowest BCUT2D eigenvalue weighted by molar-refractivity contribution is -0.139. The third kappa shape index (κ3) is 1.84. The van der Waals surface area contributed by atoms with Crippen LogP contribution in [0.1, 0.15) is 13.8 Å². The number of carbonyl (C=O) groups is 1. The van der Waals surface area contributed by atoms with Crippen molar-refractivity contribution in [1.82, 2.24) is 5.32 Å². The van der Waals surface area contributed by atoms with Gasteiger partial charge in [-0.1, -0.05) is 0 Å². The molecule has 1 heterocycles. The molecular formula is C7H13NO3S. The molecule has 4 unspecified atom stereocenters. The Kier molecular flexibility index (Phi) is 2.85. The lowest BCUT2D eigenvalue weighted by Gasteiger charge is -2.30. The number of aliphatic carboxylic acids is 1. The molecule has 70 valence electrons. The van der Waals surface area contributed by atoms with E-state index in [1.807, 2.05) is 13.8 Å². The van der Waals surface area contributed by atoms with Crippen molar-refractivity contribution in [2.45, 2.75) is 31.2 Å². The summed E-state index contributed by atoms with van der Waals surface area (Å²) in [5.74, 6) is -0.692. The first-order valence-electron chi connectivity index (χ1n) is 3.88. The van der Waals surface area contributed by atoms with E-state index < -0.39 is 22.8 Å². The Hall–Kier alpha value is -0.420. The Morgan fingerprint density at radius 2 is 2.17 bits per heavy atom. The van der Waals surface area contributed by atoms with Crippen molar-refractivity contribution in [2.24, 2.45) is 0 Å². The average Bonchev–Trinajstić information content (AvgIpc) is 1.99. The van der Waals surface area contributed by atoms with E-state index in [-0.39, 0.29) is 17.0 Å². The molecule has 0 radical (unpaired) electrons. The van der Waals surface area contributed by atoms with Crippen LogP contribution in [0.25, 0.3) is 0 Å². The molecule has 4 nitrogen and oxygen atoms in total. The third-order valence-electron chi connectivity index (χ3n) is 2.21. The molecule has 12 heavy (non-hydrogen) atoms. The molecule has 1 saturated heterocycles. The summed E-state index contributed by atoms with van der Waals surface area (Å²) in [7, 11) is -1.01. The van der Waals surface area contributed by atoms with Crippen LogP contribution in [0.5, 0.6) is 0 Å². The Balaban J connectivity index is 2.66. The standard InChI is InChI=1S/C7H13NO3S/c1-4-5(2)12(11)3-6(8-4)7(9)10/h4-6,8H,3H2,1-2H3,(H,9,10). The van der Waals surface area contributed by atoms with Crippen LogP contribution in [0.15, 0.2) is 0 Å². The number of hydrogen-bond acceptors (Lipinski definition) is 3. The van der Waals surface area contributed by atoms with Gasteiger partial charge in [0, 0.05) is 27.8 Å². The first-order chi connectivity index (χ1) is 5.52. The van der Waals surface area contributed by atoms with E-state index in [1.54, 1.807) is 0 Å². The van der Waals surface area contributed by atoms with Crippen LogP contribution in [0.4, 0.5) is 0 Å². The fourth-order valence-corrected chi connectivity index (χ4v) is 2.59. The number of nitrogens with one attached hydrogen (secondary N) is 1. The summed E-state index contributed by atoms with van der Waals surface area (Å²) < 4.78 is 11.3. The van der Waals surface area contributed by atoms with Crippen LogP contribution < -0.4 is 5.32 Å². The van der Waals surface area contributed by atoms with Gasteiger partial charge in [0.2, 0.25) is 0 Å². The third-order valence-corrected chi connectivity index (χ3v) is 4.11. The molecule has 5 heteroatoms. The van der Waals surface area contributed by atoms with E-state index in [0.717, 1.165) is 0 Å². The van der Waals surface area contributed by atoms with Gasteiger partial charge in [0.1, 0.15) is 6.04 Å². The van der Waals surface area contributed by atoms with Gasteiger partial charge in [-0.2, -0.15) is 0 Å². The van der Waals surface area contributed by atoms with E-state index in [0.29, 0.717) is 0 Å².